The molecule has 4 nitrogen and oxygen atoms in total. The van der Waals surface area contributed by atoms with Crippen LogP contribution in [0.3, 0.4) is 0 Å². The molecule has 1 amide bonds. The molecule has 2 aromatic carbocycles. The molecule has 1 N–H and O–H groups in total. The number of carbonyl (C=O) groups is 1. The molecule has 0 fully saturated rings. The first-order chi connectivity index (χ1) is 12.7. The Labute approximate surface area is 161 Å². The fourth-order valence-electron chi connectivity index (χ4n) is 2.32. The highest BCUT2D eigenvalue weighted by Gasteiger charge is 2.14. The van der Waals surface area contributed by atoms with Gasteiger partial charge in [0.25, 0.3) is 5.91 Å². The lowest BCUT2D eigenvalue weighted by molar-refractivity contribution is 0.0950. The lowest BCUT2D eigenvalue weighted by Crippen LogP contribution is -2.22. The van der Waals surface area contributed by atoms with Crippen LogP contribution in [0.15, 0.2) is 54.6 Å². The zero-order chi connectivity index (χ0) is 18.4. The molecule has 132 valence electrons. The van der Waals surface area contributed by atoms with Crippen molar-refractivity contribution in [1.29, 1.82) is 0 Å². The van der Waals surface area contributed by atoms with Crippen molar-refractivity contribution >= 4 is 40.0 Å². The fraction of sp³-hybridized carbons (Fsp3) is 0.150. The Morgan fingerprint density at radius 3 is 2.42 bits per heavy atom. The van der Waals surface area contributed by atoms with E-state index in [1.54, 1.807) is 0 Å². The number of aromatic nitrogens is 2. The Hall–Kier alpha value is -2.50. The summed E-state index contributed by atoms with van der Waals surface area (Å²) in [6.07, 6.45) is 2.82. The van der Waals surface area contributed by atoms with Crippen LogP contribution in [0.5, 0.6) is 0 Å². The van der Waals surface area contributed by atoms with Crippen LogP contribution in [0.4, 0.5) is 0 Å². The minimum absolute atomic E-state index is 0.255. The van der Waals surface area contributed by atoms with Gasteiger partial charge < -0.3 is 5.32 Å². The van der Waals surface area contributed by atoms with E-state index in [0.29, 0.717) is 21.6 Å². The molecule has 0 aliphatic carbocycles. The van der Waals surface area contributed by atoms with E-state index in [4.69, 9.17) is 11.6 Å². The summed E-state index contributed by atoms with van der Waals surface area (Å²) in [5.41, 5.74) is 3.28. The van der Waals surface area contributed by atoms with Gasteiger partial charge in [0, 0.05) is 6.54 Å². The van der Waals surface area contributed by atoms with E-state index in [-0.39, 0.29) is 5.91 Å². The second-order valence-corrected chi connectivity index (χ2v) is 7.05. The second-order valence-electron chi connectivity index (χ2n) is 5.67. The first-order valence-electron chi connectivity index (χ1n) is 8.28. The Kier molecular flexibility index (Phi) is 6.15. The summed E-state index contributed by atoms with van der Waals surface area (Å²) >= 11 is 7.52. The molecule has 0 spiro atoms. The van der Waals surface area contributed by atoms with Gasteiger partial charge in [-0.15, -0.1) is 10.2 Å². The Balaban J connectivity index is 1.65. The van der Waals surface area contributed by atoms with Gasteiger partial charge in [-0.2, -0.15) is 0 Å². The van der Waals surface area contributed by atoms with Crippen molar-refractivity contribution in [1.82, 2.24) is 15.5 Å². The number of nitrogens with one attached hydrogen (secondary N) is 1. The third-order valence-corrected chi connectivity index (χ3v) is 5.16. The van der Waals surface area contributed by atoms with Gasteiger partial charge >= 0.3 is 0 Å². The van der Waals surface area contributed by atoms with Gasteiger partial charge in [-0.3, -0.25) is 4.79 Å². The molecule has 1 heterocycles. The highest BCUT2D eigenvalue weighted by molar-refractivity contribution is 7.15. The van der Waals surface area contributed by atoms with Crippen LogP contribution in [0.1, 0.15) is 38.4 Å². The number of benzene rings is 2. The summed E-state index contributed by atoms with van der Waals surface area (Å²) in [6, 6.07) is 17.9. The zero-order valence-corrected chi connectivity index (χ0v) is 15.8. The van der Waals surface area contributed by atoms with E-state index in [1.807, 2.05) is 48.5 Å². The van der Waals surface area contributed by atoms with E-state index in [9.17, 15) is 4.79 Å². The minimum Gasteiger partial charge on any atom is -0.346 e. The smallest absolute Gasteiger partial charge is 0.282 e. The van der Waals surface area contributed by atoms with E-state index in [2.05, 4.69) is 34.6 Å². The van der Waals surface area contributed by atoms with Crippen LogP contribution >= 0.6 is 22.9 Å². The van der Waals surface area contributed by atoms with Crippen LogP contribution in [0, 0.1) is 0 Å². The number of halogens is 1. The van der Waals surface area contributed by atoms with Crippen molar-refractivity contribution in [3.05, 3.63) is 81.3 Å². The molecule has 26 heavy (non-hydrogen) atoms. The molecule has 0 saturated carbocycles. The van der Waals surface area contributed by atoms with Gasteiger partial charge in [0.05, 0.1) is 5.03 Å². The third-order valence-electron chi connectivity index (χ3n) is 3.80. The number of nitrogens with zero attached hydrogens (tertiary/aromatic N) is 2. The lowest BCUT2D eigenvalue weighted by atomic mass is 10.1. The predicted octanol–water partition coefficient (Wildman–Crippen LogP) is 4.77. The maximum atomic E-state index is 12.2. The van der Waals surface area contributed by atoms with Crippen molar-refractivity contribution in [2.45, 2.75) is 19.9 Å². The van der Waals surface area contributed by atoms with Crippen molar-refractivity contribution in [2.75, 3.05) is 0 Å². The molecule has 3 aromatic rings. The first kappa shape index (κ1) is 18.3. The molecule has 0 aliphatic heterocycles. The molecule has 3 rings (SSSR count). The first-order valence-corrected chi connectivity index (χ1v) is 9.47. The summed E-state index contributed by atoms with van der Waals surface area (Å²) in [7, 11) is 0. The van der Waals surface area contributed by atoms with Gasteiger partial charge in [-0.05, 0) is 29.2 Å². The minimum atomic E-state index is -0.255. The highest BCUT2D eigenvalue weighted by Crippen LogP contribution is 2.25. The summed E-state index contributed by atoms with van der Waals surface area (Å²) in [5, 5.41) is 12.1. The van der Waals surface area contributed by atoms with Gasteiger partial charge in [-0.25, -0.2) is 0 Å². The maximum absolute atomic E-state index is 12.2. The van der Waals surface area contributed by atoms with Crippen molar-refractivity contribution < 1.29 is 4.79 Å². The zero-order valence-electron chi connectivity index (χ0n) is 14.3. The van der Waals surface area contributed by atoms with Crippen LogP contribution < -0.4 is 5.32 Å². The fourth-order valence-corrected chi connectivity index (χ4v) is 3.27. The van der Waals surface area contributed by atoms with Crippen molar-refractivity contribution in [3.63, 3.8) is 0 Å². The van der Waals surface area contributed by atoms with Crippen molar-refractivity contribution in [3.8, 4) is 0 Å². The number of amides is 1. The van der Waals surface area contributed by atoms with E-state index in [0.717, 1.165) is 17.5 Å². The summed E-state index contributed by atoms with van der Waals surface area (Å²) in [5.74, 6) is -0.255. The standard InChI is InChI=1S/C20H18ClN3OS/c1-2-14-8-10-15(11-9-14)12-17(21)19-23-24-20(26-19)18(25)22-13-16-6-4-3-5-7-16/h3-12H,2,13H2,1H3,(H,22,25)/b17-12-. The Morgan fingerprint density at radius 2 is 1.73 bits per heavy atom. The monoisotopic (exact) mass is 383 g/mol. The molecule has 0 aliphatic rings. The van der Waals surface area contributed by atoms with Crippen LogP contribution in [-0.4, -0.2) is 16.1 Å². The van der Waals surface area contributed by atoms with E-state index in [1.165, 1.54) is 16.9 Å². The van der Waals surface area contributed by atoms with Crippen molar-refractivity contribution in [2.24, 2.45) is 0 Å². The molecule has 6 heteroatoms. The number of hydrogen-bond acceptors (Lipinski definition) is 4. The molecule has 0 bridgehead atoms. The SMILES string of the molecule is CCc1ccc(/C=C(\Cl)c2nnc(C(=O)NCc3ccccc3)s2)cc1. The van der Waals surface area contributed by atoms with E-state index < -0.39 is 0 Å². The van der Waals surface area contributed by atoms with Crippen LogP contribution in [-0.2, 0) is 13.0 Å². The molecule has 0 radical (unpaired) electrons. The molecule has 0 unspecified atom stereocenters. The Bertz CT molecular complexity index is 904. The number of rotatable bonds is 6. The third kappa shape index (κ3) is 4.77. The summed E-state index contributed by atoms with van der Waals surface area (Å²) in [4.78, 5) is 12.2. The average molecular weight is 384 g/mol. The van der Waals surface area contributed by atoms with Gasteiger partial charge in [-0.1, -0.05) is 84.5 Å². The number of hydrogen-bond donors (Lipinski definition) is 1. The molecule has 1 aromatic heterocycles. The van der Waals surface area contributed by atoms with Gasteiger partial charge in [0.1, 0.15) is 0 Å². The quantitative estimate of drug-likeness (QED) is 0.667. The summed E-state index contributed by atoms with van der Waals surface area (Å²) < 4.78 is 0. The molecular formula is C20H18ClN3OS. The van der Waals surface area contributed by atoms with Gasteiger partial charge in [0.2, 0.25) is 5.01 Å². The molecule has 0 atom stereocenters. The van der Waals surface area contributed by atoms with Gasteiger partial charge in [0.15, 0.2) is 5.01 Å². The normalized spacial score (nSPS) is 11.4. The predicted molar refractivity (Wildman–Crippen MR) is 107 cm³/mol. The molecular weight excluding hydrogens is 366 g/mol. The summed E-state index contributed by atoms with van der Waals surface area (Å²) in [6.45, 7) is 2.56. The average Bonchev–Trinajstić information content (AvgIpc) is 3.18. The van der Waals surface area contributed by atoms with E-state index >= 15 is 0 Å². The molecule has 0 saturated heterocycles. The maximum Gasteiger partial charge on any atom is 0.282 e. The lowest BCUT2D eigenvalue weighted by Gasteiger charge is -2.02. The number of carbonyl (C=O) groups excluding carboxylic acids is 1. The van der Waals surface area contributed by atoms with Crippen LogP contribution in [0.25, 0.3) is 11.1 Å². The van der Waals surface area contributed by atoms with Crippen LogP contribution in [0.2, 0.25) is 0 Å². The number of aryl methyl sites for hydroxylation is 1. The Morgan fingerprint density at radius 1 is 1.04 bits per heavy atom. The highest BCUT2D eigenvalue weighted by atomic mass is 35.5. The topological polar surface area (TPSA) is 54.9 Å². The second kappa shape index (κ2) is 8.74. The largest absolute Gasteiger partial charge is 0.346 e.